The van der Waals surface area contributed by atoms with Gasteiger partial charge in [0.25, 0.3) is 5.91 Å². The molecule has 0 bridgehead atoms. The Morgan fingerprint density at radius 3 is 2.61 bits per heavy atom. The maximum atomic E-state index is 14.2. The van der Waals surface area contributed by atoms with E-state index >= 15 is 0 Å². The van der Waals surface area contributed by atoms with Gasteiger partial charge >= 0.3 is 0 Å². The summed E-state index contributed by atoms with van der Waals surface area (Å²) >= 11 is 0. The number of aryl methyl sites for hydroxylation is 2. The summed E-state index contributed by atoms with van der Waals surface area (Å²) in [5.41, 5.74) is 0.268. The summed E-state index contributed by atoms with van der Waals surface area (Å²) < 4.78 is 47.5. The fourth-order valence-corrected chi connectivity index (χ4v) is 2.68. The Hall–Kier alpha value is -2.17. The maximum absolute atomic E-state index is 14.2. The third kappa shape index (κ3) is 3.78. The van der Waals surface area contributed by atoms with Crippen LogP contribution in [0.15, 0.2) is 24.2 Å². The monoisotopic (exact) mass is 321 g/mol. The lowest BCUT2D eigenvalue weighted by atomic mass is 9.91. The highest BCUT2D eigenvalue weighted by Gasteiger charge is 2.22. The molecule has 1 unspecified atom stereocenters. The molecule has 0 aliphatic rings. The van der Waals surface area contributed by atoms with Crippen LogP contribution in [-0.4, -0.2) is 15.7 Å². The molecule has 1 amide bonds. The first-order chi connectivity index (χ1) is 12.5. The van der Waals surface area contributed by atoms with Crippen molar-refractivity contribution in [1.82, 2.24) is 9.78 Å². The lowest BCUT2D eigenvalue weighted by Gasteiger charge is -2.18. The molecule has 0 radical (unpaired) electrons. The van der Waals surface area contributed by atoms with Crippen LogP contribution < -0.4 is 5.32 Å². The van der Waals surface area contributed by atoms with E-state index < -0.39 is 17.9 Å². The molecule has 1 aromatic carbocycles. The Morgan fingerprint density at radius 1 is 1.39 bits per heavy atom. The van der Waals surface area contributed by atoms with E-state index in [0.29, 0.717) is 17.9 Å². The molecule has 0 saturated carbocycles. The van der Waals surface area contributed by atoms with Crippen LogP contribution in [0.4, 0.5) is 10.1 Å². The van der Waals surface area contributed by atoms with Gasteiger partial charge in [0.2, 0.25) is 5.95 Å². The van der Waals surface area contributed by atoms with Crippen molar-refractivity contribution < 1.29 is 14.7 Å². The first-order valence-electron chi connectivity index (χ1n) is 9.57. The first-order valence-corrected chi connectivity index (χ1v) is 7.57. The highest BCUT2D eigenvalue weighted by Crippen LogP contribution is 2.29. The molecule has 0 saturated heterocycles. The first kappa shape index (κ1) is 12.3. The predicted octanol–water partition coefficient (Wildman–Crippen LogP) is 4.27. The maximum Gasteiger partial charge on any atom is 0.262 e. The van der Waals surface area contributed by atoms with Crippen LogP contribution in [0.5, 0.6) is 0 Å². The van der Waals surface area contributed by atoms with E-state index in [1.165, 1.54) is 14.0 Å². The molecule has 4 nitrogen and oxygen atoms in total. The van der Waals surface area contributed by atoms with Crippen LogP contribution >= 0.6 is 0 Å². The fraction of sp³-hybridized carbons (Fsp3) is 0.444. The van der Waals surface area contributed by atoms with E-state index in [0.717, 1.165) is 4.68 Å². The molecule has 2 rings (SSSR count). The summed E-state index contributed by atoms with van der Waals surface area (Å²) in [5, 5.41) is 6.38. The van der Waals surface area contributed by atoms with Gasteiger partial charge in [0.05, 0.1) is 11.2 Å². The zero-order valence-electron chi connectivity index (χ0n) is 18.0. The summed E-state index contributed by atoms with van der Waals surface area (Å²) in [6, 6.07) is -1.34. The number of para-hydroxylation sites is 1. The third-order valence-corrected chi connectivity index (χ3v) is 3.65. The Balaban J connectivity index is 2.59. The Bertz CT molecular complexity index is 896. The Labute approximate surface area is 142 Å². The normalized spacial score (nSPS) is 14.9. The van der Waals surface area contributed by atoms with Gasteiger partial charge in [-0.05, 0) is 36.8 Å². The molecule has 0 aliphatic heterocycles. The number of anilines is 1. The van der Waals surface area contributed by atoms with Crippen molar-refractivity contribution in [3.05, 3.63) is 46.9 Å². The summed E-state index contributed by atoms with van der Waals surface area (Å²) in [7, 11) is 1.38. The lowest BCUT2D eigenvalue weighted by molar-refractivity contribution is 0.102. The second-order valence-electron chi connectivity index (χ2n) is 6.15. The average Bonchev–Trinajstić information content (AvgIpc) is 2.82. The number of nitrogens with one attached hydrogen (secondary N) is 1. The molecular formula is C18H24FN3O. The highest BCUT2D eigenvalue weighted by atomic mass is 19.1. The number of carbonyl (C=O) groups is 1. The number of carbonyl (C=O) groups excluding carboxylic acids is 1. The summed E-state index contributed by atoms with van der Waals surface area (Å²) in [6.07, 6.45) is 0.672. The molecule has 0 fully saturated rings. The fourth-order valence-electron chi connectivity index (χ4n) is 2.68. The Morgan fingerprint density at radius 2 is 2.04 bits per heavy atom. The van der Waals surface area contributed by atoms with Crippen molar-refractivity contribution in [2.45, 2.75) is 40.0 Å². The van der Waals surface area contributed by atoms with Gasteiger partial charge in [-0.1, -0.05) is 38.9 Å². The number of rotatable bonds is 5. The van der Waals surface area contributed by atoms with E-state index in [2.05, 4.69) is 10.4 Å². The minimum atomic E-state index is -0.803. The van der Waals surface area contributed by atoms with Gasteiger partial charge in [-0.25, -0.2) is 4.68 Å². The number of aromatic nitrogens is 2. The van der Waals surface area contributed by atoms with Crippen molar-refractivity contribution in [1.29, 1.82) is 0 Å². The summed E-state index contributed by atoms with van der Waals surface area (Å²) in [6.45, 7) is 7.37. The number of amides is 1. The third-order valence-electron chi connectivity index (χ3n) is 3.65. The summed E-state index contributed by atoms with van der Waals surface area (Å²) in [4.78, 5) is 12.7. The van der Waals surface area contributed by atoms with E-state index in [-0.39, 0.29) is 41.0 Å². The van der Waals surface area contributed by atoms with Crippen LogP contribution in [0, 0.1) is 18.8 Å². The molecule has 124 valence electrons. The van der Waals surface area contributed by atoms with Crippen LogP contribution in [-0.2, 0) is 7.05 Å². The number of benzene rings is 1. The SMILES string of the molecule is [2H]c1c([2H])c([2H])c(C(C)CC(C)C)c(NC(=O)c2c(C)nn(C)c2F)c1[2H]. The van der Waals surface area contributed by atoms with Crippen molar-refractivity contribution in [3.8, 4) is 0 Å². The van der Waals surface area contributed by atoms with E-state index in [1.54, 1.807) is 0 Å². The molecule has 1 heterocycles. The van der Waals surface area contributed by atoms with Crippen LogP contribution in [0.2, 0.25) is 0 Å². The minimum absolute atomic E-state index is 0.0122. The van der Waals surface area contributed by atoms with E-state index in [1.807, 2.05) is 20.8 Å². The van der Waals surface area contributed by atoms with Crippen LogP contribution in [0.25, 0.3) is 0 Å². The van der Waals surface area contributed by atoms with E-state index in [9.17, 15) is 9.18 Å². The average molecular weight is 321 g/mol. The number of halogens is 1. The van der Waals surface area contributed by atoms with Gasteiger partial charge < -0.3 is 5.32 Å². The molecule has 0 aliphatic carbocycles. The second kappa shape index (κ2) is 6.94. The van der Waals surface area contributed by atoms with Gasteiger partial charge in [0, 0.05) is 12.7 Å². The predicted molar refractivity (Wildman–Crippen MR) is 90.2 cm³/mol. The zero-order valence-corrected chi connectivity index (χ0v) is 14.0. The minimum Gasteiger partial charge on any atom is -0.322 e. The molecule has 1 N–H and O–H groups in total. The highest BCUT2D eigenvalue weighted by molar-refractivity contribution is 6.05. The van der Waals surface area contributed by atoms with Crippen LogP contribution in [0.1, 0.15) is 60.2 Å². The number of nitrogens with zero attached hydrogens (tertiary/aromatic N) is 2. The van der Waals surface area contributed by atoms with Crippen LogP contribution in [0.3, 0.4) is 0 Å². The van der Waals surface area contributed by atoms with Gasteiger partial charge in [-0.3, -0.25) is 4.79 Å². The molecule has 5 heteroatoms. The smallest absolute Gasteiger partial charge is 0.262 e. The lowest BCUT2D eigenvalue weighted by Crippen LogP contribution is -2.16. The topological polar surface area (TPSA) is 46.9 Å². The van der Waals surface area contributed by atoms with Crippen molar-refractivity contribution in [2.24, 2.45) is 13.0 Å². The quantitative estimate of drug-likeness (QED) is 0.894. The second-order valence-corrected chi connectivity index (χ2v) is 6.15. The largest absolute Gasteiger partial charge is 0.322 e. The van der Waals surface area contributed by atoms with Crippen molar-refractivity contribution >= 4 is 11.6 Å². The Kier molecular flexibility index (Phi) is 3.70. The zero-order chi connectivity index (χ0) is 20.6. The van der Waals surface area contributed by atoms with Crippen molar-refractivity contribution in [2.75, 3.05) is 5.32 Å². The summed E-state index contributed by atoms with van der Waals surface area (Å²) in [5.74, 6) is -1.52. The number of hydrogen-bond acceptors (Lipinski definition) is 2. The standard InChI is InChI=1S/C18H24FN3O/c1-11(2)10-12(3)14-8-6-7-9-15(14)20-18(23)16-13(4)21-22(5)17(16)19/h6-9,11-12H,10H2,1-5H3,(H,20,23)/i6D,7D,8D,9D. The van der Waals surface area contributed by atoms with Gasteiger partial charge in [-0.2, -0.15) is 9.49 Å². The molecule has 23 heavy (non-hydrogen) atoms. The molecule has 1 aromatic heterocycles. The number of hydrogen-bond donors (Lipinski definition) is 1. The molecule has 2 aromatic rings. The molecule has 1 atom stereocenters. The van der Waals surface area contributed by atoms with Crippen molar-refractivity contribution in [3.63, 3.8) is 0 Å². The molecule has 0 spiro atoms. The van der Waals surface area contributed by atoms with Gasteiger partial charge in [0.1, 0.15) is 5.56 Å². The molecular weight excluding hydrogens is 293 g/mol. The van der Waals surface area contributed by atoms with Gasteiger partial charge in [-0.15, -0.1) is 0 Å². The van der Waals surface area contributed by atoms with E-state index in [4.69, 9.17) is 5.48 Å². The van der Waals surface area contributed by atoms with Gasteiger partial charge in [0.15, 0.2) is 0 Å².